The molecule has 152 valence electrons. The number of carbonyl (C=O) groups excluding carboxylic acids is 3. The van der Waals surface area contributed by atoms with E-state index in [0.29, 0.717) is 19.4 Å². The molecular formula is C21H23N3O3S2. The molecule has 1 aliphatic carbocycles. The summed E-state index contributed by atoms with van der Waals surface area (Å²) in [7, 11) is 0. The van der Waals surface area contributed by atoms with E-state index in [-0.39, 0.29) is 36.9 Å². The van der Waals surface area contributed by atoms with Crippen molar-refractivity contribution in [3.8, 4) is 0 Å². The third kappa shape index (κ3) is 3.09. The van der Waals surface area contributed by atoms with Gasteiger partial charge < -0.3 is 10.2 Å². The molecule has 29 heavy (non-hydrogen) atoms. The molecule has 6 nitrogen and oxygen atoms in total. The van der Waals surface area contributed by atoms with Gasteiger partial charge in [0, 0.05) is 29.3 Å². The molecule has 4 amide bonds. The third-order valence-electron chi connectivity index (χ3n) is 6.35. The van der Waals surface area contributed by atoms with Gasteiger partial charge in [-0.2, -0.15) is 0 Å². The summed E-state index contributed by atoms with van der Waals surface area (Å²) in [6.07, 6.45) is 4.34. The minimum Gasteiger partial charge on any atom is -0.330 e. The molecule has 1 unspecified atom stereocenters. The lowest BCUT2D eigenvalue weighted by molar-refractivity contribution is -0.135. The number of rotatable bonds is 4. The summed E-state index contributed by atoms with van der Waals surface area (Å²) < 4.78 is 0. The molecule has 1 saturated heterocycles. The average Bonchev–Trinajstić information content (AvgIpc) is 3.49. The molecule has 2 aromatic rings. The zero-order valence-corrected chi connectivity index (χ0v) is 17.7. The summed E-state index contributed by atoms with van der Waals surface area (Å²) in [6.45, 7) is 0.814. The molecule has 1 N–H and O–H groups in total. The van der Waals surface area contributed by atoms with Crippen LogP contribution in [0, 0.1) is 0 Å². The molecule has 1 saturated carbocycles. The zero-order valence-electron chi connectivity index (χ0n) is 16.1. The normalized spacial score (nSPS) is 23.0. The van der Waals surface area contributed by atoms with E-state index in [1.54, 1.807) is 22.7 Å². The number of amides is 4. The maximum Gasteiger partial charge on any atom is 0.325 e. The molecule has 5 rings (SSSR count). The van der Waals surface area contributed by atoms with Crippen molar-refractivity contribution in [1.82, 2.24) is 15.1 Å². The van der Waals surface area contributed by atoms with E-state index in [0.717, 1.165) is 24.1 Å². The molecular weight excluding hydrogens is 406 g/mol. The first kappa shape index (κ1) is 18.8. The van der Waals surface area contributed by atoms with E-state index >= 15 is 0 Å². The van der Waals surface area contributed by atoms with Crippen LogP contribution in [0.4, 0.5) is 4.79 Å². The van der Waals surface area contributed by atoms with Gasteiger partial charge in [0.2, 0.25) is 5.91 Å². The number of nitrogens with one attached hydrogen (secondary N) is 1. The van der Waals surface area contributed by atoms with Gasteiger partial charge in [-0.15, -0.1) is 22.7 Å². The number of imide groups is 1. The van der Waals surface area contributed by atoms with E-state index in [9.17, 15) is 14.4 Å². The summed E-state index contributed by atoms with van der Waals surface area (Å²) in [4.78, 5) is 44.1. The second-order valence-corrected chi connectivity index (χ2v) is 9.96. The first-order valence-electron chi connectivity index (χ1n) is 10.1. The van der Waals surface area contributed by atoms with Crippen LogP contribution in [-0.2, 0) is 16.0 Å². The van der Waals surface area contributed by atoms with E-state index in [1.165, 1.54) is 15.3 Å². The highest BCUT2D eigenvalue weighted by molar-refractivity contribution is 7.10. The molecule has 2 aromatic heterocycles. The molecule has 3 aliphatic rings. The Kier molecular flexibility index (Phi) is 4.70. The molecule has 2 aliphatic heterocycles. The first-order chi connectivity index (χ1) is 14.1. The third-order valence-corrected chi connectivity index (χ3v) is 8.27. The standard InChI is InChI=1S/C21H23N3O3S2/c25-17(6-11-24-19(26)21(22-20(24)27)8-1-2-9-21)23-10-5-15-14(7-13-29-15)18(23)16-4-3-12-28-16/h3-4,7,12-13,18H,1-2,5-6,8-11H2,(H,22,27). The van der Waals surface area contributed by atoms with Gasteiger partial charge in [-0.3, -0.25) is 14.5 Å². The van der Waals surface area contributed by atoms with Gasteiger partial charge in [-0.05, 0) is 47.7 Å². The van der Waals surface area contributed by atoms with Crippen molar-refractivity contribution in [3.05, 3.63) is 44.3 Å². The van der Waals surface area contributed by atoms with E-state index in [1.807, 2.05) is 16.3 Å². The summed E-state index contributed by atoms with van der Waals surface area (Å²) in [5.41, 5.74) is 0.494. The lowest BCUT2D eigenvalue weighted by Crippen LogP contribution is -2.44. The number of hydrogen-bond acceptors (Lipinski definition) is 5. The van der Waals surface area contributed by atoms with E-state index in [2.05, 4.69) is 22.8 Å². The van der Waals surface area contributed by atoms with Crippen molar-refractivity contribution in [2.24, 2.45) is 0 Å². The van der Waals surface area contributed by atoms with Crippen molar-refractivity contribution in [2.75, 3.05) is 13.1 Å². The number of nitrogens with zero attached hydrogens (tertiary/aromatic N) is 2. The highest BCUT2D eigenvalue weighted by atomic mass is 32.1. The van der Waals surface area contributed by atoms with E-state index in [4.69, 9.17) is 0 Å². The summed E-state index contributed by atoms with van der Waals surface area (Å²) in [5.74, 6) is -0.158. The second kappa shape index (κ2) is 7.25. The summed E-state index contributed by atoms with van der Waals surface area (Å²) in [6, 6.07) is 5.78. The van der Waals surface area contributed by atoms with Gasteiger partial charge in [-0.1, -0.05) is 18.9 Å². The summed E-state index contributed by atoms with van der Waals surface area (Å²) in [5, 5.41) is 7.01. The van der Waals surface area contributed by atoms with Crippen LogP contribution in [0.3, 0.4) is 0 Å². The molecule has 1 atom stereocenters. The van der Waals surface area contributed by atoms with Gasteiger partial charge in [0.1, 0.15) is 5.54 Å². The summed E-state index contributed by atoms with van der Waals surface area (Å²) >= 11 is 3.40. The van der Waals surface area contributed by atoms with Crippen LogP contribution in [0.2, 0.25) is 0 Å². The maximum atomic E-state index is 13.2. The van der Waals surface area contributed by atoms with Crippen molar-refractivity contribution >= 4 is 40.5 Å². The fourth-order valence-electron chi connectivity index (χ4n) is 4.89. The Morgan fingerprint density at radius 1 is 1.17 bits per heavy atom. The van der Waals surface area contributed by atoms with Gasteiger partial charge in [-0.25, -0.2) is 4.79 Å². The topological polar surface area (TPSA) is 69.7 Å². The van der Waals surface area contributed by atoms with Gasteiger partial charge >= 0.3 is 6.03 Å². The molecule has 4 heterocycles. The van der Waals surface area contributed by atoms with Crippen LogP contribution in [0.25, 0.3) is 0 Å². The van der Waals surface area contributed by atoms with Crippen LogP contribution in [-0.4, -0.2) is 46.3 Å². The lowest BCUT2D eigenvalue weighted by Gasteiger charge is -2.35. The molecule has 8 heteroatoms. The minimum absolute atomic E-state index is 0.00628. The van der Waals surface area contributed by atoms with Gasteiger partial charge in [0.25, 0.3) is 5.91 Å². The lowest BCUT2D eigenvalue weighted by atomic mass is 9.97. The van der Waals surface area contributed by atoms with Crippen LogP contribution in [0.5, 0.6) is 0 Å². The van der Waals surface area contributed by atoms with Crippen molar-refractivity contribution in [1.29, 1.82) is 0 Å². The minimum atomic E-state index is -0.712. The van der Waals surface area contributed by atoms with E-state index < -0.39 is 5.54 Å². The van der Waals surface area contributed by atoms with Crippen LogP contribution >= 0.6 is 22.7 Å². The molecule has 0 aromatic carbocycles. The quantitative estimate of drug-likeness (QED) is 0.756. The smallest absolute Gasteiger partial charge is 0.325 e. The Labute approximate surface area is 177 Å². The number of urea groups is 1. The Hall–Kier alpha value is -2.19. The monoisotopic (exact) mass is 429 g/mol. The average molecular weight is 430 g/mol. The highest BCUT2D eigenvalue weighted by Crippen LogP contribution is 2.40. The van der Waals surface area contributed by atoms with Crippen molar-refractivity contribution in [2.45, 2.75) is 50.1 Å². The number of carbonyl (C=O) groups is 3. The van der Waals surface area contributed by atoms with Crippen molar-refractivity contribution < 1.29 is 14.4 Å². The van der Waals surface area contributed by atoms with Crippen LogP contribution in [0.15, 0.2) is 29.0 Å². The van der Waals surface area contributed by atoms with Crippen LogP contribution < -0.4 is 5.32 Å². The largest absolute Gasteiger partial charge is 0.330 e. The van der Waals surface area contributed by atoms with Gasteiger partial charge in [0.05, 0.1) is 6.04 Å². The number of hydrogen-bond donors (Lipinski definition) is 1. The van der Waals surface area contributed by atoms with Crippen LogP contribution in [0.1, 0.15) is 53.5 Å². The fourth-order valence-corrected chi connectivity index (χ4v) is 6.64. The van der Waals surface area contributed by atoms with Crippen molar-refractivity contribution in [3.63, 3.8) is 0 Å². The SMILES string of the molecule is O=C1NC2(CCCC2)C(=O)N1CCC(=O)N1CCc2sccc2C1c1cccs1. The molecule has 1 spiro atoms. The first-order valence-corrected chi connectivity index (χ1v) is 11.9. The highest BCUT2D eigenvalue weighted by Gasteiger charge is 2.52. The fraction of sp³-hybridized carbons (Fsp3) is 0.476. The molecule has 0 radical (unpaired) electrons. The number of fused-ring (bicyclic) bond motifs is 1. The Balaban J connectivity index is 1.32. The van der Waals surface area contributed by atoms with Gasteiger partial charge in [0.15, 0.2) is 0 Å². The number of thiophene rings is 2. The molecule has 2 fully saturated rings. The Bertz CT molecular complexity index is 946. The zero-order chi connectivity index (χ0) is 20.0. The molecule has 0 bridgehead atoms. The Morgan fingerprint density at radius 2 is 2.00 bits per heavy atom. The second-order valence-electron chi connectivity index (χ2n) is 7.98. The Morgan fingerprint density at radius 3 is 2.76 bits per heavy atom. The predicted octanol–water partition coefficient (Wildman–Crippen LogP) is 3.54. The predicted molar refractivity (Wildman–Crippen MR) is 112 cm³/mol. The maximum absolute atomic E-state index is 13.2.